The van der Waals surface area contributed by atoms with Crippen LogP contribution in [0.1, 0.15) is 39.5 Å². The molecule has 22 heteroatoms. The Hall–Kier alpha value is -3.74. The monoisotopic (exact) mass is 807 g/mol. The SMILES string of the molecule is [B]CC(=O)N1C[C@@H](NC)C[C@H]1C(=O)NC.[B]CC(=O)N1C[C@@H](NC)C[C@H]1C(=O)NC.[B][C@H]1C[C@@H](C(=O)NCC(C)=O)N(C)C1.[B][C@H]1C[C@@H](C(=O)NCC(C)=O)N(C)C1. The molecule has 6 N–H and O–H groups in total. The van der Waals surface area contributed by atoms with Gasteiger partial charge in [-0.05, 0) is 93.5 Å². The van der Waals surface area contributed by atoms with Gasteiger partial charge in [-0.3, -0.25) is 48.2 Å². The molecular weight excluding hydrogens is 744 g/mol. The summed E-state index contributed by atoms with van der Waals surface area (Å²) in [6.07, 6.45) is 2.51. The zero-order valence-electron chi connectivity index (χ0n) is 35.5. The first-order chi connectivity index (χ1) is 27.3. The third kappa shape index (κ3) is 16.9. The quantitative estimate of drug-likeness (QED) is 0.103. The predicted molar refractivity (Wildman–Crippen MR) is 224 cm³/mol. The first kappa shape index (κ1) is 52.3. The van der Waals surface area contributed by atoms with Gasteiger partial charge in [0, 0.05) is 39.3 Å². The minimum Gasteiger partial charge on any atom is -0.357 e. The summed E-state index contributed by atoms with van der Waals surface area (Å²) in [5.74, 6) is -0.772. The van der Waals surface area contributed by atoms with Crippen molar-refractivity contribution in [1.82, 2.24) is 51.5 Å². The lowest BCUT2D eigenvalue weighted by atomic mass is 9.85. The average Bonchev–Trinajstić information content (AvgIpc) is 3.99. The van der Waals surface area contributed by atoms with Crippen LogP contribution in [-0.2, 0) is 38.4 Å². The zero-order chi connectivity index (χ0) is 44.3. The van der Waals surface area contributed by atoms with Crippen LogP contribution in [0.5, 0.6) is 0 Å². The number of hydrogen-bond donors (Lipinski definition) is 6. The molecule has 4 saturated heterocycles. The largest absolute Gasteiger partial charge is 0.357 e. The molecule has 8 radical (unpaired) electrons. The Morgan fingerprint density at radius 2 is 0.845 bits per heavy atom. The van der Waals surface area contributed by atoms with E-state index in [1.54, 1.807) is 23.9 Å². The van der Waals surface area contributed by atoms with Crippen molar-refractivity contribution in [2.75, 3.05) is 81.6 Å². The lowest BCUT2D eigenvalue weighted by Gasteiger charge is -2.22. The van der Waals surface area contributed by atoms with Gasteiger partial charge < -0.3 is 41.7 Å². The van der Waals surface area contributed by atoms with Crippen molar-refractivity contribution in [3.8, 4) is 0 Å². The van der Waals surface area contributed by atoms with Crippen molar-refractivity contribution in [3.05, 3.63) is 0 Å². The fourth-order valence-electron chi connectivity index (χ4n) is 7.06. The van der Waals surface area contributed by atoms with E-state index in [2.05, 4.69) is 31.9 Å². The second-order valence-corrected chi connectivity index (χ2v) is 14.9. The van der Waals surface area contributed by atoms with Crippen molar-refractivity contribution in [1.29, 1.82) is 0 Å². The number of amides is 6. The lowest BCUT2D eigenvalue weighted by molar-refractivity contribution is -0.136. The van der Waals surface area contributed by atoms with E-state index in [1.165, 1.54) is 13.8 Å². The molecule has 4 aliphatic heterocycles. The molecule has 0 spiro atoms. The van der Waals surface area contributed by atoms with Crippen molar-refractivity contribution in [2.24, 2.45) is 0 Å². The van der Waals surface area contributed by atoms with Crippen LogP contribution in [0.2, 0.25) is 24.3 Å². The van der Waals surface area contributed by atoms with Gasteiger partial charge in [0.25, 0.3) is 0 Å². The number of carbonyl (C=O) groups is 8. The molecule has 0 unspecified atom stereocenters. The fraction of sp³-hybridized carbons (Fsp3) is 0.778. The first-order valence-corrected chi connectivity index (χ1v) is 19.5. The van der Waals surface area contributed by atoms with Crippen LogP contribution in [0.15, 0.2) is 0 Å². The highest BCUT2D eigenvalue weighted by atomic mass is 16.2. The van der Waals surface area contributed by atoms with Crippen LogP contribution in [0, 0.1) is 0 Å². The summed E-state index contributed by atoms with van der Waals surface area (Å²) >= 11 is 0. The number of nitrogens with one attached hydrogen (secondary N) is 6. The molecule has 0 bridgehead atoms. The molecule has 4 aliphatic rings. The Kier molecular flexibility index (Phi) is 23.8. The Morgan fingerprint density at radius 1 is 0.517 bits per heavy atom. The molecule has 0 aromatic carbocycles. The number of ketones is 2. The van der Waals surface area contributed by atoms with Crippen molar-refractivity contribution >= 4 is 78.4 Å². The molecule has 0 saturated carbocycles. The molecule has 58 heavy (non-hydrogen) atoms. The number of nitrogens with zero attached hydrogens (tertiary/aromatic N) is 4. The standard InChI is InChI=1S/2C9H16BN3O2.2C9H15BN2O2/c2*1-11-6-3-7(9(15)12-2)13(5-6)8(14)4-10;2*1-6(13)4-11-9(14)8-3-7(10)5-12(8)2/h2*6-7,11H,3-5H2,1-2H3,(H,12,15);2*7-8H,3-5H2,1-2H3,(H,11,14)/t2*6-,7-;2*7-,8-/m0000/s1. The zero-order valence-corrected chi connectivity index (χ0v) is 35.5. The van der Waals surface area contributed by atoms with Crippen LogP contribution in [0.4, 0.5) is 0 Å². The molecule has 4 heterocycles. The lowest BCUT2D eigenvalue weighted by Crippen LogP contribution is -2.44. The minimum absolute atomic E-state index is 0.0386. The topological polar surface area (TPSA) is 222 Å². The number of Topliss-reactive ketones (excluding diaryl/α,β-unsaturated/α-hetero) is 2. The van der Waals surface area contributed by atoms with Crippen molar-refractivity contribution in [3.63, 3.8) is 0 Å². The molecular formula is C36H62B4N10O8. The van der Waals surface area contributed by atoms with Crippen molar-refractivity contribution < 1.29 is 38.4 Å². The van der Waals surface area contributed by atoms with Crippen molar-refractivity contribution in [2.45, 2.75) is 100 Å². The molecule has 0 aromatic heterocycles. The van der Waals surface area contributed by atoms with E-state index in [0.717, 1.165) is 13.1 Å². The molecule has 316 valence electrons. The second-order valence-electron chi connectivity index (χ2n) is 14.9. The van der Waals surface area contributed by atoms with E-state index >= 15 is 0 Å². The van der Waals surface area contributed by atoms with E-state index in [4.69, 9.17) is 31.4 Å². The van der Waals surface area contributed by atoms with E-state index in [9.17, 15) is 38.4 Å². The summed E-state index contributed by atoms with van der Waals surface area (Å²) in [5.41, 5.74) is 0. The Morgan fingerprint density at radius 3 is 1.07 bits per heavy atom. The van der Waals surface area contributed by atoms with Gasteiger partial charge in [0.05, 0.1) is 56.6 Å². The normalized spacial score (nSPS) is 26.4. The van der Waals surface area contributed by atoms with Gasteiger partial charge in [0.1, 0.15) is 23.7 Å². The molecule has 4 fully saturated rings. The van der Waals surface area contributed by atoms with Gasteiger partial charge in [0.15, 0.2) is 0 Å². The predicted octanol–water partition coefficient (Wildman–Crippen LogP) is -4.28. The number of likely N-dealkylation sites (N-methyl/N-ethyl adjacent to an activating group) is 6. The van der Waals surface area contributed by atoms with E-state index < -0.39 is 0 Å². The van der Waals surface area contributed by atoms with Gasteiger partial charge in [-0.2, -0.15) is 0 Å². The van der Waals surface area contributed by atoms with E-state index in [0.29, 0.717) is 38.8 Å². The first-order valence-electron chi connectivity index (χ1n) is 19.5. The maximum Gasteiger partial charge on any atom is 0.242 e. The minimum atomic E-state index is -0.386. The summed E-state index contributed by atoms with van der Waals surface area (Å²) < 4.78 is 0. The highest BCUT2D eigenvalue weighted by molar-refractivity contribution is 6.20. The maximum atomic E-state index is 11.5. The highest BCUT2D eigenvalue weighted by Crippen LogP contribution is 2.24. The van der Waals surface area contributed by atoms with Gasteiger partial charge in [-0.25, -0.2) is 0 Å². The Labute approximate surface area is 349 Å². The van der Waals surface area contributed by atoms with Gasteiger partial charge >= 0.3 is 0 Å². The fourth-order valence-corrected chi connectivity index (χ4v) is 7.06. The average molecular weight is 806 g/mol. The van der Waals surface area contributed by atoms with Crippen LogP contribution >= 0.6 is 0 Å². The number of likely N-dealkylation sites (tertiary alicyclic amines) is 4. The van der Waals surface area contributed by atoms with Gasteiger partial charge in [-0.15, -0.1) is 0 Å². The summed E-state index contributed by atoms with van der Waals surface area (Å²) in [6, 6.07) is -0.786. The molecule has 0 aromatic rings. The number of rotatable bonds is 12. The summed E-state index contributed by atoms with van der Waals surface area (Å²) in [6.45, 7) is 5.68. The molecule has 4 rings (SSSR count). The van der Waals surface area contributed by atoms with Crippen LogP contribution in [-0.4, -0.2) is 216 Å². The summed E-state index contributed by atoms with van der Waals surface area (Å²) in [4.78, 5) is 97.4. The molecule has 8 atom stereocenters. The summed E-state index contributed by atoms with van der Waals surface area (Å²) in [7, 11) is 32.6. The van der Waals surface area contributed by atoms with Crippen LogP contribution in [0.3, 0.4) is 0 Å². The van der Waals surface area contributed by atoms with Gasteiger partial charge in [0.2, 0.25) is 35.4 Å². The molecule has 18 nitrogen and oxygen atoms in total. The number of hydrogen-bond acceptors (Lipinski definition) is 12. The Balaban J connectivity index is 0.000000387. The third-order valence-electron chi connectivity index (χ3n) is 10.3. The van der Waals surface area contributed by atoms with E-state index in [1.807, 2.05) is 38.0 Å². The second kappa shape index (κ2) is 26.4. The van der Waals surface area contributed by atoms with Crippen LogP contribution < -0.4 is 31.9 Å². The summed E-state index contributed by atoms with van der Waals surface area (Å²) in [5, 5.41) is 16.4. The third-order valence-corrected chi connectivity index (χ3v) is 10.3. The molecule has 0 aliphatic carbocycles. The molecule has 6 amide bonds. The smallest absolute Gasteiger partial charge is 0.242 e. The van der Waals surface area contributed by atoms with Gasteiger partial charge in [-0.1, -0.05) is 11.6 Å². The Bertz CT molecular complexity index is 1270. The van der Waals surface area contributed by atoms with E-state index in [-0.39, 0.29) is 121 Å². The maximum absolute atomic E-state index is 11.5. The van der Waals surface area contributed by atoms with Crippen LogP contribution in [0.25, 0.3) is 0 Å². The number of carbonyl (C=O) groups excluding carboxylic acids is 8. The highest BCUT2D eigenvalue weighted by Gasteiger charge is 2.39.